The van der Waals surface area contributed by atoms with E-state index in [1.807, 2.05) is 30.3 Å². The molecule has 1 fully saturated rings. The summed E-state index contributed by atoms with van der Waals surface area (Å²) in [5.74, 6) is -1.57. The second kappa shape index (κ2) is 7.26. The smallest absolute Gasteiger partial charge is 1.00 e. The van der Waals surface area contributed by atoms with Crippen LogP contribution in [-0.2, 0) is 11.3 Å². The van der Waals surface area contributed by atoms with Gasteiger partial charge in [-0.2, -0.15) is 0 Å². The van der Waals surface area contributed by atoms with Crippen molar-refractivity contribution < 1.29 is 46.0 Å². The van der Waals surface area contributed by atoms with E-state index in [2.05, 4.69) is 4.90 Å². The summed E-state index contributed by atoms with van der Waals surface area (Å²) >= 11 is 0. The van der Waals surface area contributed by atoms with Gasteiger partial charge in [-0.3, -0.25) is 9.69 Å². The maximum atomic E-state index is 11.0. The Morgan fingerprint density at radius 2 is 2.06 bits per heavy atom. The molecule has 4 nitrogen and oxygen atoms in total. The zero-order chi connectivity index (χ0) is 12.3. The Labute approximate surface area is 130 Å². The number of likely N-dealkylation sites (tertiary alicyclic amines) is 1. The van der Waals surface area contributed by atoms with Gasteiger partial charge in [-0.05, 0) is 12.0 Å². The molecule has 2 rings (SSSR count). The van der Waals surface area contributed by atoms with Crippen molar-refractivity contribution in [1.29, 1.82) is 0 Å². The van der Waals surface area contributed by atoms with Crippen LogP contribution in [0.5, 0.6) is 0 Å². The number of aliphatic hydroxyl groups excluding tert-OH is 1. The Bertz CT molecular complexity index is 391. The number of aliphatic hydroxyl groups is 1. The summed E-state index contributed by atoms with van der Waals surface area (Å²) in [5.41, 5.74) is 1.17. The normalized spacial score (nSPS) is 24.3. The van der Waals surface area contributed by atoms with E-state index in [0.717, 1.165) is 13.1 Å². The van der Waals surface area contributed by atoms with Crippen LogP contribution in [0, 0.1) is 5.92 Å². The topological polar surface area (TPSA) is 60.8 Å². The number of benzene rings is 1. The first kappa shape index (κ1) is 15.7. The van der Waals surface area contributed by atoms with Crippen LogP contribution in [0.4, 0.5) is 0 Å². The summed E-state index contributed by atoms with van der Waals surface area (Å²) in [7, 11) is 0. The van der Waals surface area contributed by atoms with Crippen LogP contribution in [0.3, 0.4) is 0 Å². The molecule has 2 atom stereocenters. The van der Waals surface area contributed by atoms with Gasteiger partial charge in [0.1, 0.15) is 0 Å². The molecule has 0 radical (unpaired) electrons. The molecule has 1 aromatic carbocycles. The maximum absolute atomic E-state index is 11.0. The fourth-order valence-corrected chi connectivity index (χ4v) is 2.24. The number of aliphatic carboxylic acids is 1. The van der Waals surface area contributed by atoms with E-state index in [9.17, 15) is 9.90 Å². The molecule has 94 valence electrons. The Hall–Kier alpha value is -0.390. The first-order valence-corrected chi connectivity index (χ1v) is 5.84. The van der Waals surface area contributed by atoms with Gasteiger partial charge in [0.25, 0.3) is 0 Å². The monoisotopic (exact) mass is 259 g/mol. The van der Waals surface area contributed by atoms with E-state index < -0.39 is 18.0 Å². The average Bonchev–Trinajstić information content (AvgIpc) is 2.32. The van der Waals surface area contributed by atoms with Gasteiger partial charge in [0.05, 0.1) is 12.0 Å². The van der Waals surface area contributed by atoms with Gasteiger partial charge in [-0.1, -0.05) is 30.3 Å². The number of hydrogen-bond donors (Lipinski definition) is 2. The standard InChI is InChI=1S/C13H17NO3.Na.H/c15-12-6-7-14(9-11(12)13(16)17)8-10-4-2-1-3-5-10;;/h1-5,11-12,15H,6-9H2,(H,16,17);;/q;+1;-1/t11-,12+;;/m0../s1. The largest absolute Gasteiger partial charge is 1.00 e. The molecule has 5 heteroatoms. The number of hydrogen-bond acceptors (Lipinski definition) is 3. The Morgan fingerprint density at radius 1 is 1.39 bits per heavy atom. The van der Waals surface area contributed by atoms with Crippen molar-refractivity contribution >= 4 is 5.97 Å². The predicted molar refractivity (Wildman–Crippen MR) is 64.6 cm³/mol. The zero-order valence-corrected chi connectivity index (χ0v) is 12.6. The molecule has 0 amide bonds. The van der Waals surface area contributed by atoms with Crippen LogP contribution < -0.4 is 29.6 Å². The zero-order valence-electron chi connectivity index (χ0n) is 11.6. The molecule has 0 aromatic heterocycles. The minimum absolute atomic E-state index is 0. The predicted octanol–water partition coefficient (Wildman–Crippen LogP) is -1.93. The van der Waals surface area contributed by atoms with E-state index >= 15 is 0 Å². The quantitative estimate of drug-likeness (QED) is 0.621. The van der Waals surface area contributed by atoms with Gasteiger partial charge in [0.15, 0.2) is 0 Å². The molecule has 1 saturated heterocycles. The van der Waals surface area contributed by atoms with Gasteiger partial charge in [-0.15, -0.1) is 0 Å². The minimum Gasteiger partial charge on any atom is -1.00 e. The van der Waals surface area contributed by atoms with Crippen LogP contribution in [-0.4, -0.2) is 40.3 Å². The molecule has 0 aliphatic carbocycles. The molecule has 1 aliphatic rings. The number of carboxylic acid groups (broad SMARTS) is 1. The van der Waals surface area contributed by atoms with E-state index in [1.54, 1.807) is 0 Å². The molecule has 0 bridgehead atoms. The van der Waals surface area contributed by atoms with Crippen molar-refractivity contribution in [3.63, 3.8) is 0 Å². The third-order valence-corrected chi connectivity index (χ3v) is 3.23. The van der Waals surface area contributed by atoms with Crippen molar-refractivity contribution in [3.05, 3.63) is 35.9 Å². The van der Waals surface area contributed by atoms with Crippen molar-refractivity contribution in [2.75, 3.05) is 13.1 Å². The first-order valence-electron chi connectivity index (χ1n) is 5.84. The van der Waals surface area contributed by atoms with Crippen molar-refractivity contribution in [2.24, 2.45) is 5.92 Å². The van der Waals surface area contributed by atoms with E-state index in [4.69, 9.17) is 5.11 Å². The van der Waals surface area contributed by atoms with Gasteiger partial charge in [0, 0.05) is 19.6 Å². The molecule has 0 unspecified atom stereocenters. The number of carbonyl (C=O) groups is 1. The molecular formula is C13H18NNaO3. The van der Waals surface area contributed by atoms with Crippen molar-refractivity contribution in [3.8, 4) is 0 Å². The average molecular weight is 259 g/mol. The number of nitrogens with zero attached hydrogens (tertiary/aromatic N) is 1. The molecular weight excluding hydrogens is 241 g/mol. The summed E-state index contributed by atoms with van der Waals surface area (Å²) in [6, 6.07) is 9.97. The fourth-order valence-electron chi connectivity index (χ4n) is 2.24. The summed E-state index contributed by atoms with van der Waals surface area (Å²) in [4.78, 5) is 13.1. The van der Waals surface area contributed by atoms with E-state index in [0.29, 0.717) is 13.0 Å². The molecule has 2 N–H and O–H groups in total. The van der Waals surface area contributed by atoms with Crippen LogP contribution in [0.15, 0.2) is 30.3 Å². The summed E-state index contributed by atoms with van der Waals surface area (Å²) < 4.78 is 0. The summed E-state index contributed by atoms with van der Waals surface area (Å²) in [6.45, 7) is 1.92. The Balaban J connectivity index is 0.00000162. The van der Waals surface area contributed by atoms with E-state index in [-0.39, 0.29) is 31.0 Å². The van der Waals surface area contributed by atoms with Crippen LogP contribution in [0.25, 0.3) is 0 Å². The van der Waals surface area contributed by atoms with Crippen LogP contribution >= 0.6 is 0 Å². The Morgan fingerprint density at radius 3 is 2.67 bits per heavy atom. The number of carboxylic acids is 1. The summed E-state index contributed by atoms with van der Waals surface area (Å²) in [6.07, 6.45) is -0.177. The van der Waals surface area contributed by atoms with Crippen molar-refractivity contribution in [2.45, 2.75) is 19.1 Å². The van der Waals surface area contributed by atoms with Gasteiger partial charge >= 0.3 is 35.5 Å². The third kappa shape index (κ3) is 4.07. The molecule has 1 aromatic rings. The second-order valence-corrected chi connectivity index (χ2v) is 4.52. The van der Waals surface area contributed by atoms with E-state index in [1.165, 1.54) is 5.56 Å². The Kier molecular flexibility index (Phi) is 6.32. The number of piperidine rings is 1. The summed E-state index contributed by atoms with van der Waals surface area (Å²) in [5, 5.41) is 18.6. The SMILES string of the molecule is O=C(O)[C@H]1CN(Cc2ccccc2)CC[C@H]1O.[H-].[Na+]. The fraction of sp³-hybridized carbons (Fsp3) is 0.462. The molecule has 0 spiro atoms. The molecule has 1 heterocycles. The van der Waals surface area contributed by atoms with Crippen LogP contribution in [0.1, 0.15) is 13.4 Å². The van der Waals surface area contributed by atoms with Gasteiger partial charge in [0.2, 0.25) is 0 Å². The van der Waals surface area contributed by atoms with Crippen molar-refractivity contribution in [1.82, 2.24) is 4.90 Å². The van der Waals surface area contributed by atoms with Gasteiger partial charge in [-0.25, -0.2) is 0 Å². The molecule has 1 aliphatic heterocycles. The van der Waals surface area contributed by atoms with Crippen LogP contribution in [0.2, 0.25) is 0 Å². The van der Waals surface area contributed by atoms with Gasteiger partial charge < -0.3 is 11.6 Å². The third-order valence-electron chi connectivity index (χ3n) is 3.23. The maximum Gasteiger partial charge on any atom is 1.00 e. The first-order chi connectivity index (χ1) is 8.16. The minimum atomic E-state index is -0.907. The molecule has 18 heavy (non-hydrogen) atoms. The molecule has 0 saturated carbocycles. The second-order valence-electron chi connectivity index (χ2n) is 4.52. The number of rotatable bonds is 3.